The second-order valence-corrected chi connectivity index (χ2v) is 5.50. The molecule has 2 heterocycles. The Bertz CT molecular complexity index is 503. The summed E-state index contributed by atoms with van der Waals surface area (Å²) >= 11 is 0. The van der Waals surface area contributed by atoms with E-state index in [1.807, 2.05) is 0 Å². The zero-order valence-electron chi connectivity index (χ0n) is 10.6. The molecule has 2 unspecified atom stereocenters. The van der Waals surface area contributed by atoms with Crippen molar-refractivity contribution in [3.8, 4) is 0 Å². The first-order valence-electron chi connectivity index (χ1n) is 6.65. The van der Waals surface area contributed by atoms with E-state index in [1.165, 1.54) is 6.07 Å². The molecule has 2 aliphatic heterocycles. The second kappa shape index (κ2) is 4.42. The molecular formula is C14H18N2O3. The maximum Gasteiger partial charge on any atom is 0.335 e. The molecule has 0 radical (unpaired) electrons. The van der Waals surface area contributed by atoms with E-state index >= 15 is 0 Å². The second-order valence-electron chi connectivity index (χ2n) is 5.50. The van der Waals surface area contributed by atoms with Gasteiger partial charge in [-0.05, 0) is 43.9 Å². The van der Waals surface area contributed by atoms with Gasteiger partial charge in [0, 0.05) is 12.1 Å². The number of nitrogen functional groups attached to an aromatic ring is 1. The number of nitrogens with two attached hydrogens (primary N) is 1. The number of hydrogen-bond donors (Lipinski definition) is 3. The van der Waals surface area contributed by atoms with Gasteiger partial charge in [-0.2, -0.15) is 0 Å². The van der Waals surface area contributed by atoms with E-state index in [-0.39, 0.29) is 11.7 Å². The Hall–Kier alpha value is -1.75. The minimum Gasteiger partial charge on any atom is -0.478 e. The van der Waals surface area contributed by atoms with Crippen LogP contribution in [0.2, 0.25) is 0 Å². The number of anilines is 2. The van der Waals surface area contributed by atoms with E-state index in [0.29, 0.717) is 17.8 Å². The number of rotatable bonds is 2. The molecule has 0 amide bonds. The molecule has 0 aliphatic carbocycles. The van der Waals surface area contributed by atoms with Crippen LogP contribution in [0, 0.1) is 0 Å². The van der Waals surface area contributed by atoms with Crippen molar-refractivity contribution >= 4 is 17.3 Å². The summed E-state index contributed by atoms with van der Waals surface area (Å²) in [6, 6.07) is 5.56. The summed E-state index contributed by atoms with van der Waals surface area (Å²) in [5.41, 5.74) is 7.64. The highest BCUT2D eigenvalue weighted by molar-refractivity contribution is 5.90. The van der Waals surface area contributed by atoms with Crippen LogP contribution in [-0.2, 0) is 0 Å². The van der Waals surface area contributed by atoms with Gasteiger partial charge in [0.25, 0.3) is 0 Å². The maximum atomic E-state index is 10.9. The first-order valence-corrected chi connectivity index (χ1v) is 6.65. The van der Waals surface area contributed by atoms with Gasteiger partial charge in [-0.15, -0.1) is 0 Å². The molecule has 4 N–H and O–H groups in total. The molecule has 5 heteroatoms. The fraction of sp³-hybridized carbons (Fsp3) is 0.500. The number of nitrogens with zero attached hydrogens (tertiary/aromatic N) is 1. The molecule has 0 saturated carbocycles. The van der Waals surface area contributed by atoms with Crippen LogP contribution in [0.25, 0.3) is 0 Å². The maximum absolute atomic E-state index is 10.9. The monoisotopic (exact) mass is 262 g/mol. The lowest BCUT2D eigenvalue weighted by molar-refractivity contribution is 0.0697. The molecule has 2 saturated heterocycles. The first-order chi connectivity index (χ1) is 9.06. The molecule has 0 aromatic heterocycles. The number of aromatic carboxylic acids is 1. The highest BCUT2D eigenvalue weighted by Gasteiger charge is 2.40. The molecule has 2 bridgehead atoms. The number of aliphatic hydroxyl groups excluding tert-OH is 1. The van der Waals surface area contributed by atoms with Crippen molar-refractivity contribution in [1.82, 2.24) is 0 Å². The summed E-state index contributed by atoms with van der Waals surface area (Å²) in [7, 11) is 0. The standard InChI is InChI=1S/C14H18N2O3/c15-12-5-8(14(18)19)1-4-13(12)16-9-2-3-10(16)7-11(17)6-9/h1,4-5,9-11,17H,2-3,6-7,15H2,(H,18,19). The Labute approximate surface area is 111 Å². The minimum atomic E-state index is -0.963. The van der Waals surface area contributed by atoms with Crippen LogP contribution >= 0.6 is 0 Å². The number of carboxylic acids is 1. The molecule has 3 rings (SSSR count). The normalized spacial score (nSPS) is 29.5. The summed E-state index contributed by atoms with van der Waals surface area (Å²) in [4.78, 5) is 13.2. The topological polar surface area (TPSA) is 86.8 Å². The lowest BCUT2D eigenvalue weighted by Gasteiger charge is -2.39. The lowest BCUT2D eigenvalue weighted by atomic mass is 9.98. The van der Waals surface area contributed by atoms with Crippen LogP contribution in [-0.4, -0.2) is 34.4 Å². The number of aliphatic hydroxyl groups is 1. The number of benzene rings is 1. The van der Waals surface area contributed by atoms with E-state index in [1.54, 1.807) is 12.1 Å². The van der Waals surface area contributed by atoms with Gasteiger partial charge in [-0.1, -0.05) is 0 Å². The first kappa shape index (κ1) is 12.3. The summed E-state index contributed by atoms with van der Waals surface area (Å²) in [6.45, 7) is 0. The number of fused-ring (bicyclic) bond motifs is 2. The Morgan fingerprint density at radius 3 is 2.42 bits per heavy atom. The van der Waals surface area contributed by atoms with Gasteiger partial charge in [0.1, 0.15) is 0 Å². The van der Waals surface area contributed by atoms with Crippen molar-refractivity contribution in [3.05, 3.63) is 23.8 Å². The Morgan fingerprint density at radius 2 is 1.89 bits per heavy atom. The summed E-state index contributed by atoms with van der Waals surface area (Å²) in [5, 5.41) is 18.8. The van der Waals surface area contributed by atoms with E-state index in [4.69, 9.17) is 10.8 Å². The number of piperidine rings is 1. The Balaban J connectivity index is 1.93. The molecule has 2 atom stereocenters. The molecule has 102 valence electrons. The lowest BCUT2D eigenvalue weighted by Crippen LogP contribution is -2.45. The van der Waals surface area contributed by atoms with Crippen molar-refractivity contribution in [2.24, 2.45) is 0 Å². The molecular weight excluding hydrogens is 244 g/mol. The molecule has 1 aromatic rings. The summed E-state index contributed by atoms with van der Waals surface area (Å²) < 4.78 is 0. The van der Waals surface area contributed by atoms with Gasteiger partial charge >= 0.3 is 5.97 Å². The Morgan fingerprint density at radius 1 is 1.26 bits per heavy atom. The molecule has 1 aromatic carbocycles. The smallest absolute Gasteiger partial charge is 0.335 e. The predicted molar refractivity (Wildman–Crippen MR) is 72.3 cm³/mol. The number of hydrogen-bond acceptors (Lipinski definition) is 4. The van der Waals surface area contributed by atoms with Gasteiger partial charge in [-0.3, -0.25) is 0 Å². The van der Waals surface area contributed by atoms with Crippen LogP contribution in [0.4, 0.5) is 11.4 Å². The SMILES string of the molecule is Nc1cc(C(=O)O)ccc1N1C2CCC1CC(O)C2. The molecule has 2 aliphatic rings. The van der Waals surface area contributed by atoms with Crippen molar-refractivity contribution < 1.29 is 15.0 Å². The van der Waals surface area contributed by atoms with Crippen LogP contribution in [0.15, 0.2) is 18.2 Å². The molecule has 0 spiro atoms. The average molecular weight is 262 g/mol. The zero-order valence-corrected chi connectivity index (χ0v) is 10.6. The van der Waals surface area contributed by atoms with Gasteiger partial charge < -0.3 is 20.8 Å². The predicted octanol–water partition coefficient (Wildman–Crippen LogP) is 1.46. The van der Waals surface area contributed by atoms with Crippen LogP contribution in [0.3, 0.4) is 0 Å². The van der Waals surface area contributed by atoms with Gasteiger partial charge in [-0.25, -0.2) is 4.79 Å². The van der Waals surface area contributed by atoms with Crippen molar-refractivity contribution in [1.29, 1.82) is 0 Å². The highest BCUT2D eigenvalue weighted by atomic mass is 16.4. The summed E-state index contributed by atoms with van der Waals surface area (Å²) in [5.74, 6) is -0.963. The van der Waals surface area contributed by atoms with Gasteiger partial charge in [0.2, 0.25) is 0 Å². The molecule has 19 heavy (non-hydrogen) atoms. The third kappa shape index (κ3) is 2.04. The minimum absolute atomic E-state index is 0.214. The Kier molecular flexibility index (Phi) is 2.86. The van der Waals surface area contributed by atoms with E-state index in [0.717, 1.165) is 31.4 Å². The van der Waals surface area contributed by atoms with Crippen LogP contribution in [0.1, 0.15) is 36.0 Å². The molecule has 2 fully saturated rings. The van der Waals surface area contributed by atoms with Crippen molar-refractivity contribution in [2.45, 2.75) is 43.9 Å². The van der Waals surface area contributed by atoms with E-state index in [9.17, 15) is 9.90 Å². The zero-order chi connectivity index (χ0) is 13.6. The van der Waals surface area contributed by atoms with Gasteiger partial charge in [0.15, 0.2) is 0 Å². The van der Waals surface area contributed by atoms with Gasteiger partial charge in [0.05, 0.1) is 23.0 Å². The summed E-state index contributed by atoms with van der Waals surface area (Å²) in [6.07, 6.45) is 3.48. The highest BCUT2D eigenvalue weighted by Crippen LogP contribution is 2.41. The quantitative estimate of drug-likeness (QED) is 0.702. The third-order valence-electron chi connectivity index (χ3n) is 4.26. The van der Waals surface area contributed by atoms with Crippen molar-refractivity contribution in [2.75, 3.05) is 10.6 Å². The molecule has 5 nitrogen and oxygen atoms in total. The van der Waals surface area contributed by atoms with Crippen LogP contribution in [0.5, 0.6) is 0 Å². The number of carboxylic acid groups (broad SMARTS) is 1. The van der Waals surface area contributed by atoms with E-state index < -0.39 is 5.97 Å². The fourth-order valence-corrected chi connectivity index (χ4v) is 3.46. The van der Waals surface area contributed by atoms with E-state index in [2.05, 4.69) is 4.90 Å². The fourth-order valence-electron chi connectivity index (χ4n) is 3.46. The number of carbonyl (C=O) groups is 1. The van der Waals surface area contributed by atoms with Crippen molar-refractivity contribution in [3.63, 3.8) is 0 Å². The largest absolute Gasteiger partial charge is 0.478 e. The average Bonchev–Trinajstić information content (AvgIpc) is 2.62. The third-order valence-corrected chi connectivity index (χ3v) is 4.26. The van der Waals surface area contributed by atoms with Crippen LogP contribution < -0.4 is 10.6 Å².